The molecule has 0 fully saturated rings. The lowest BCUT2D eigenvalue weighted by atomic mass is 10.1. The molecule has 3 aromatic rings. The van der Waals surface area contributed by atoms with Gasteiger partial charge in [-0.25, -0.2) is 13.8 Å². The van der Waals surface area contributed by atoms with Crippen molar-refractivity contribution in [2.24, 2.45) is 4.99 Å². The Labute approximate surface area is 152 Å². The summed E-state index contributed by atoms with van der Waals surface area (Å²) in [5, 5.41) is 12.7. The van der Waals surface area contributed by atoms with Crippen molar-refractivity contribution in [3.63, 3.8) is 0 Å². The topological polar surface area (TPSA) is 60.4 Å². The summed E-state index contributed by atoms with van der Waals surface area (Å²) in [6.45, 7) is 2.66. The average Bonchev–Trinajstić information content (AvgIpc) is 3.00. The average molecular weight is 375 g/mol. The van der Waals surface area contributed by atoms with E-state index in [1.165, 1.54) is 29.5 Å². The van der Waals surface area contributed by atoms with Gasteiger partial charge >= 0.3 is 0 Å². The monoisotopic (exact) mass is 375 g/mol. The Hall–Kier alpha value is -2.87. The predicted octanol–water partition coefficient (Wildman–Crippen LogP) is 5.05. The van der Waals surface area contributed by atoms with Gasteiger partial charge in [0, 0.05) is 30.1 Å². The van der Waals surface area contributed by atoms with Gasteiger partial charge in [-0.1, -0.05) is 6.92 Å². The number of hydrogen-bond acceptors (Lipinski definition) is 4. The first-order chi connectivity index (χ1) is 12.5. The SMILES string of the molecule is CCCn1c(-c2ccc([N+](=O)[O-])cc2)csc1=Nc1ccc(F)cc1F. The molecule has 0 saturated carbocycles. The molecule has 8 heteroatoms. The van der Waals surface area contributed by atoms with Gasteiger partial charge in [0.05, 0.1) is 10.6 Å². The van der Waals surface area contributed by atoms with Crippen LogP contribution in [-0.2, 0) is 6.54 Å². The standard InChI is InChI=1S/C18H15F2N3O2S/c1-2-9-22-17(12-3-6-14(7-4-12)23(24)25)11-26-18(22)21-16-8-5-13(19)10-15(16)20/h3-8,10-11H,2,9H2,1H3. The number of nitrogens with zero attached hydrogens (tertiary/aromatic N) is 3. The highest BCUT2D eigenvalue weighted by Crippen LogP contribution is 2.24. The smallest absolute Gasteiger partial charge is 0.269 e. The van der Waals surface area contributed by atoms with Crippen LogP contribution in [0.15, 0.2) is 52.8 Å². The van der Waals surface area contributed by atoms with Crippen LogP contribution < -0.4 is 4.80 Å². The van der Waals surface area contributed by atoms with E-state index in [2.05, 4.69) is 4.99 Å². The lowest BCUT2D eigenvalue weighted by Gasteiger charge is -2.07. The van der Waals surface area contributed by atoms with E-state index >= 15 is 0 Å². The number of nitro groups is 1. The number of halogens is 2. The number of benzene rings is 2. The Morgan fingerprint density at radius 1 is 1.19 bits per heavy atom. The molecule has 1 heterocycles. The summed E-state index contributed by atoms with van der Waals surface area (Å²) in [6.07, 6.45) is 0.829. The van der Waals surface area contributed by atoms with Gasteiger partial charge in [-0.15, -0.1) is 11.3 Å². The van der Waals surface area contributed by atoms with E-state index in [9.17, 15) is 18.9 Å². The van der Waals surface area contributed by atoms with E-state index in [0.29, 0.717) is 11.3 Å². The molecule has 0 aliphatic heterocycles. The third-order valence-electron chi connectivity index (χ3n) is 3.74. The molecule has 0 aliphatic rings. The van der Waals surface area contributed by atoms with E-state index in [1.807, 2.05) is 16.9 Å². The first kappa shape index (κ1) is 17.9. The summed E-state index contributed by atoms with van der Waals surface area (Å²) in [4.78, 5) is 15.3. The van der Waals surface area contributed by atoms with E-state index in [0.717, 1.165) is 29.8 Å². The fraction of sp³-hybridized carbons (Fsp3) is 0.167. The van der Waals surface area contributed by atoms with Crippen LogP contribution in [0.3, 0.4) is 0 Å². The summed E-state index contributed by atoms with van der Waals surface area (Å²) in [5.41, 5.74) is 1.73. The van der Waals surface area contributed by atoms with Gasteiger partial charge in [0.2, 0.25) is 0 Å². The third-order valence-corrected chi connectivity index (χ3v) is 4.61. The zero-order valence-electron chi connectivity index (χ0n) is 13.9. The number of nitro benzene ring substituents is 1. The second-order valence-corrected chi connectivity index (χ2v) is 6.40. The van der Waals surface area contributed by atoms with Crippen molar-refractivity contribution in [1.29, 1.82) is 0 Å². The number of rotatable bonds is 5. The molecule has 1 aromatic heterocycles. The van der Waals surface area contributed by atoms with Crippen molar-refractivity contribution in [2.45, 2.75) is 19.9 Å². The Morgan fingerprint density at radius 3 is 2.54 bits per heavy atom. The van der Waals surface area contributed by atoms with E-state index in [4.69, 9.17) is 0 Å². The highest BCUT2D eigenvalue weighted by molar-refractivity contribution is 7.07. The number of non-ortho nitro benzene ring substituents is 1. The zero-order valence-corrected chi connectivity index (χ0v) is 14.7. The van der Waals surface area contributed by atoms with Gasteiger partial charge in [0.25, 0.3) is 5.69 Å². The zero-order chi connectivity index (χ0) is 18.7. The Bertz CT molecular complexity index is 1010. The van der Waals surface area contributed by atoms with Gasteiger partial charge in [-0.2, -0.15) is 0 Å². The minimum atomic E-state index is -0.724. The molecule has 0 radical (unpaired) electrons. The second kappa shape index (κ2) is 7.57. The van der Waals surface area contributed by atoms with Gasteiger partial charge in [0.15, 0.2) is 10.6 Å². The minimum absolute atomic E-state index is 0.0179. The molecule has 5 nitrogen and oxygen atoms in total. The van der Waals surface area contributed by atoms with Crippen LogP contribution >= 0.6 is 11.3 Å². The second-order valence-electron chi connectivity index (χ2n) is 5.57. The maximum absolute atomic E-state index is 13.9. The van der Waals surface area contributed by atoms with Gasteiger partial charge in [-0.05, 0) is 36.2 Å². The summed E-state index contributed by atoms with van der Waals surface area (Å²) >= 11 is 1.33. The molecular formula is C18H15F2N3O2S. The predicted molar refractivity (Wildman–Crippen MR) is 96.3 cm³/mol. The molecule has 0 atom stereocenters. The molecule has 3 rings (SSSR count). The van der Waals surface area contributed by atoms with Gasteiger partial charge in [0.1, 0.15) is 11.5 Å². The van der Waals surface area contributed by atoms with E-state index in [1.54, 1.807) is 12.1 Å². The lowest BCUT2D eigenvalue weighted by molar-refractivity contribution is -0.384. The normalized spacial score (nSPS) is 11.7. The number of aromatic nitrogens is 1. The fourth-order valence-electron chi connectivity index (χ4n) is 2.52. The Balaban J connectivity index is 2.08. The first-order valence-electron chi connectivity index (χ1n) is 7.92. The highest BCUT2D eigenvalue weighted by atomic mass is 32.1. The third kappa shape index (κ3) is 3.70. The molecule has 0 bridgehead atoms. The van der Waals surface area contributed by atoms with Gasteiger partial charge < -0.3 is 4.57 Å². The minimum Gasteiger partial charge on any atom is -0.316 e. The van der Waals surface area contributed by atoms with E-state index in [-0.39, 0.29) is 11.4 Å². The van der Waals surface area contributed by atoms with Crippen LogP contribution in [0.25, 0.3) is 11.3 Å². The summed E-state index contributed by atoms with van der Waals surface area (Å²) < 4.78 is 28.9. The van der Waals surface area contributed by atoms with Gasteiger partial charge in [-0.3, -0.25) is 10.1 Å². The van der Waals surface area contributed by atoms with Crippen LogP contribution in [-0.4, -0.2) is 9.49 Å². The van der Waals surface area contributed by atoms with Crippen molar-refractivity contribution in [1.82, 2.24) is 4.57 Å². The van der Waals surface area contributed by atoms with Crippen LogP contribution in [0.5, 0.6) is 0 Å². The van der Waals surface area contributed by atoms with Crippen molar-refractivity contribution >= 4 is 22.7 Å². The molecule has 0 N–H and O–H groups in total. The van der Waals surface area contributed by atoms with Crippen molar-refractivity contribution < 1.29 is 13.7 Å². The number of hydrogen-bond donors (Lipinski definition) is 0. The summed E-state index contributed by atoms with van der Waals surface area (Å²) in [7, 11) is 0. The van der Waals surface area contributed by atoms with E-state index < -0.39 is 16.6 Å². The Kier molecular flexibility index (Phi) is 5.22. The quantitative estimate of drug-likeness (QED) is 0.463. The maximum Gasteiger partial charge on any atom is 0.269 e. The molecule has 26 heavy (non-hydrogen) atoms. The van der Waals surface area contributed by atoms with Crippen molar-refractivity contribution in [3.05, 3.63) is 74.4 Å². The molecule has 0 unspecified atom stereocenters. The summed E-state index contributed by atoms with van der Waals surface area (Å²) in [6, 6.07) is 9.50. The number of thiazole rings is 1. The van der Waals surface area contributed by atoms with Crippen molar-refractivity contribution in [2.75, 3.05) is 0 Å². The van der Waals surface area contributed by atoms with Crippen LogP contribution in [0.4, 0.5) is 20.2 Å². The van der Waals surface area contributed by atoms with Crippen LogP contribution in [0.1, 0.15) is 13.3 Å². The largest absolute Gasteiger partial charge is 0.316 e. The molecule has 0 amide bonds. The fourth-order valence-corrected chi connectivity index (χ4v) is 3.47. The first-order valence-corrected chi connectivity index (χ1v) is 8.80. The van der Waals surface area contributed by atoms with Crippen molar-refractivity contribution in [3.8, 4) is 11.3 Å². The maximum atomic E-state index is 13.9. The molecule has 2 aromatic carbocycles. The molecular weight excluding hydrogens is 360 g/mol. The Morgan fingerprint density at radius 2 is 1.92 bits per heavy atom. The summed E-state index contributed by atoms with van der Waals surface area (Å²) in [5.74, 6) is -1.38. The molecule has 0 spiro atoms. The lowest BCUT2D eigenvalue weighted by Crippen LogP contribution is -2.15. The molecule has 134 valence electrons. The molecule has 0 aliphatic carbocycles. The highest BCUT2D eigenvalue weighted by Gasteiger charge is 2.11. The van der Waals surface area contributed by atoms with Crippen LogP contribution in [0.2, 0.25) is 0 Å². The van der Waals surface area contributed by atoms with Crippen LogP contribution in [0, 0.1) is 21.7 Å². The molecule has 0 saturated heterocycles.